The summed E-state index contributed by atoms with van der Waals surface area (Å²) in [5.74, 6) is 3.44. The number of aliphatic imine (C=N–C) groups is 1. The number of amides is 1. The molecule has 322 valence electrons. The van der Waals surface area contributed by atoms with Crippen LogP contribution in [0.3, 0.4) is 0 Å². The van der Waals surface area contributed by atoms with E-state index in [4.69, 9.17) is 33.1 Å². The molecule has 1 aromatic heterocycles. The van der Waals surface area contributed by atoms with Crippen LogP contribution in [0.15, 0.2) is 52.1 Å². The summed E-state index contributed by atoms with van der Waals surface area (Å²) >= 11 is 0. The van der Waals surface area contributed by atoms with Crippen molar-refractivity contribution in [2.45, 2.75) is 135 Å². The van der Waals surface area contributed by atoms with Crippen molar-refractivity contribution in [1.29, 1.82) is 0 Å². The van der Waals surface area contributed by atoms with Crippen LogP contribution in [-0.2, 0) is 39.7 Å². The van der Waals surface area contributed by atoms with Crippen molar-refractivity contribution in [2.24, 2.45) is 28.7 Å². The van der Waals surface area contributed by atoms with E-state index >= 15 is 0 Å². The topological polar surface area (TPSA) is 150 Å². The fourth-order valence-electron chi connectivity index (χ4n) is 9.89. The van der Waals surface area contributed by atoms with Gasteiger partial charge in [-0.15, -0.1) is 0 Å². The Morgan fingerprint density at radius 3 is 2.41 bits per heavy atom. The highest BCUT2D eigenvalue weighted by Gasteiger charge is 2.60. The van der Waals surface area contributed by atoms with Crippen LogP contribution in [0.2, 0.25) is 0 Å². The first-order valence-electron chi connectivity index (χ1n) is 21.1. The monoisotopic (exact) mass is 817 g/mol. The first-order chi connectivity index (χ1) is 28.0. The van der Waals surface area contributed by atoms with Crippen LogP contribution in [0.4, 0.5) is 4.79 Å². The highest BCUT2D eigenvalue weighted by molar-refractivity contribution is 6.00. The SMILES string of the molecule is CC[C@H]1OC(=O)[C@H](C)C(=O)[C@H](C)[C@@H](O[C@@H]2O[C@H](C)C[C@H](N(C)C)[C@H]2O)[C@](C)(OCC#CCc2ccc(-c3ccco3)cc2)C[C@@H](C)C2=NCCN3C(=O)O[C@@]1(C)[C@H]3[C@H]2C. The molecular formula is C46H63N3O10. The third kappa shape index (κ3) is 9.17. The third-order valence-corrected chi connectivity index (χ3v) is 13.0. The summed E-state index contributed by atoms with van der Waals surface area (Å²) < 4.78 is 37.8. The Kier molecular flexibility index (Phi) is 13.8. The molecule has 1 aromatic carbocycles. The van der Waals surface area contributed by atoms with E-state index in [1.807, 2.05) is 90.0 Å². The zero-order valence-electron chi connectivity index (χ0n) is 36.3. The summed E-state index contributed by atoms with van der Waals surface area (Å²) in [4.78, 5) is 50.8. The second kappa shape index (κ2) is 18.3. The van der Waals surface area contributed by atoms with Crippen molar-refractivity contribution in [3.05, 3.63) is 48.2 Å². The van der Waals surface area contributed by atoms with Crippen molar-refractivity contribution >= 4 is 23.6 Å². The number of hydrogen-bond acceptors (Lipinski definition) is 12. The summed E-state index contributed by atoms with van der Waals surface area (Å²) in [7, 11) is 3.80. The molecule has 1 N–H and O–H groups in total. The predicted molar refractivity (Wildman–Crippen MR) is 221 cm³/mol. The molecule has 0 radical (unpaired) electrons. The molecule has 3 fully saturated rings. The number of fused-ring (bicyclic) bond motifs is 1. The molecule has 4 aliphatic heterocycles. The van der Waals surface area contributed by atoms with Crippen LogP contribution in [0, 0.1) is 35.5 Å². The zero-order valence-corrected chi connectivity index (χ0v) is 36.3. The van der Waals surface area contributed by atoms with E-state index in [9.17, 15) is 19.5 Å². The average molecular weight is 818 g/mol. The highest BCUT2D eigenvalue weighted by atomic mass is 16.7. The summed E-state index contributed by atoms with van der Waals surface area (Å²) in [6.07, 6.45) is -1.29. The fourth-order valence-corrected chi connectivity index (χ4v) is 9.89. The number of Topliss-reactive ketones (excluding diaryl/α,β-unsaturated/α-hetero) is 1. The molecule has 0 spiro atoms. The molecule has 2 aromatic rings. The second-order valence-corrected chi connectivity index (χ2v) is 17.6. The van der Waals surface area contributed by atoms with Crippen molar-refractivity contribution in [2.75, 3.05) is 33.8 Å². The van der Waals surface area contributed by atoms with E-state index in [1.54, 1.807) is 18.1 Å². The van der Waals surface area contributed by atoms with Crippen LogP contribution in [0.25, 0.3) is 11.3 Å². The van der Waals surface area contributed by atoms with Gasteiger partial charge in [-0.2, -0.15) is 0 Å². The van der Waals surface area contributed by atoms with E-state index in [-0.39, 0.29) is 30.6 Å². The Morgan fingerprint density at radius 1 is 1.02 bits per heavy atom. The lowest BCUT2D eigenvalue weighted by atomic mass is 9.73. The van der Waals surface area contributed by atoms with Crippen molar-refractivity contribution in [1.82, 2.24) is 9.80 Å². The number of nitrogens with zero attached hydrogens (tertiary/aromatic N) is 3. The minimum atomic E-state index is -1.23. The van der Waals surface area contributed by atoms with Crippen LogP contribution in [0.5, 0.6) is 0 Å². The molecule has 0 aliphatic carbocycles. The maximum Gasteiger partial charge on any atom is 0.410 e. The van der Waals surface area contributed by atoms with E-state index in [2.05, 4.69) is 18.8 Å². The van der Waals surface area contributed by atoms with Gasteiger partial charge in [-0.1, -0.05) is 63.8 Å². The molecule has 6 rings (SSSR count). The van der Waals surface area contributed by atoms with Gasteiger partial charge in [-0.25, -0.2) is 4.79 Å². The molecule has 4 aliphatic rings. The van der Waals surface area contributed by atoms with E-state index in [0.717, 1.165) is 22.6 Å². The van der Waals surface area contributed by atoms with Gasteiger partial charge in [-0.3, -0.25) is 19.5 Å². The Bertz CT molecular complexity index is 1890. The molecule has 3 saturated heterocycles. The molecule has 0 saturated carbocycles. The molecule has 13 heteroatoms. The lowest BCUT2D eigenvalue weighted by Gasteiger charge is -2.47. The van der Waals surface area contributed by atoms with Gasteiger partial charge in [0.15, 0.2) is 17.7 Å². The first kappa shape index (κ1) is 44.5. The number of carbonyl (C=O) groups is 3. The van der Waals surface area contributed by atoms with Crippen molar-refractivity contribution in [3.63, 3.8) is 0 Å². The number of aliphatic hydroxyl groups is 1. The van der Waals surface area contributed by atoms with Gasteiger partial charge in [-0.05, 0) is 84.7 Å². The number of ether oxygens (including phenoxy) is 5. The van der Waals surface area contributed by atoms with Gasteiger partial charge < -0.3 is 38.1 Å². The number of ketones is 1. The molecule has 13 atom stereocenters. The number of carbonyl (C=O) groups excluding carboxylic acids is 3. The zero-order chi connectivity index (χ0) is 42.8. The molecule has 5 heterocycles. The highest BCUT2D eigenvalue weighted by Crippen LogP contribution is 2.44. The molecule has 59 heavy (non-hydrogen) atoms. The summed E-state index contributed by atoms with van der Waals surface area (Å²) in [5.41, 5.74) is 0.438. The Hall–Kier alpha value is -4.06. The minimum Gasteiger partial charge on any atom is -0.464 e. The van der Waals surface area contributed by atoms with E-state index in [1.165, 1.54) is 6.92 Å². The van der Waals surface area contributed by atoms with Gasteiger partial charge in [0.1, 0.15) is 30.5 Å². The van der Waals surface area contributed by atoms with Crippen molar-refractivity contribution in [3.8, 4) is 23.2 Å². The smallest absolute Gasteiger partial charge is 0.410 e. The number of likely N-dealkylation sites (N-methyl/N-ethyl adjacent to an activating group) is 1. The quantitative estimate of drug-likeness (QED) is 0.191. The van der Waals surface area contributed by atoms with Gasteiger partial charge in [0.2, 0.25) is 0 Å². The molecular weight excluding hydrogens is 755 g/mol. The number of cyclic esters (lactones) is 1. The van der Waals surface area contributed by atoms with Gasteiger partial charge >= 0.3 is 12.1 Å². The Labute approximate surface area is 349 Å². The van der Waals surface area contributed by atoms with Crippen LogP contribution in [0.1, 0.15) is 80.2 Å². The normalized spacial score (nSPS) is 36.8. The van der Waals surface area contributed by atoms with E-state index in [0.29, 0.717) is 38.8 Å². The van der Waals surface area contributed by atoms with E-state index < -0.39 is 71.5 Å². The molecule has 13 nitrogen and oxygen atoms in total. The maximum atomic E-state index is 14.6. The Balaban J connectivity index is 1.37. The Morgan fingerprint density at radius 2 is 1.75 bits per heavy atom. The van der Waals surface area contributed by atoms with Gasteiger partial charge in [0, 0.05) is 42.1 Å². The summed E-state index contributed by atoms with van der Waals surface area (Å²) in [6, 6.07) is 11.0. The summed E-state index contributed by atoms with van der Waals surface area (Å²) in [6.45, 7) is 15.6. The minimum absolute atomic E-state index is 0.00783. The average Bonchev–Trinajstić information content (AvgIpc) is 3.78. The third-order valence-electron chi connectivity index (χ3n) is 13.0. The number of benzene rings is 1. The number of furan rings is 1. The molecule has 1 amide bonds. The first-order valence-corrected chi connectivity index (χ1v) is 21.1. The van der Waals surface area contributed by atoms with Gasteiger partial charge in [0.25, 0.3) is 0 Å². The van der Waals surface area contributed by atoms with Crippen LogP contribution >= 0.6 is 0 Å². The van der Waals surface area contributed by atoms with Crippen molar-refractivity contribution < 1.29 is 47.6 Å². The molecule has 2 bridgehead atoms. The lowest BCUT2D eigenvalue weighted by Crippen LogP contribution is -2.60. The summed E-state index contributed by atoms with van der Waals surface area (Å²) in [5, 5.41) is 11.7. The number of rotatable bonds is 8. The number of esters is 1. The van der Waals surface area contributed by atoms with Gasteiger partial charge in [0.05, 0.1) is 36.7 Å². The lowest BCUT2D eigenvalue weighted by molar-refractivity contribution is -0.296. The fraction of sp³-hybridized carbons (Fsp3) is 0.652. The van der Waals surface area contributed by atoms with Crippen LogP contribution in [-0.4, -0.2) is 126 Å². The number of aliphatic hydroxyl groups excluding tert-OH is 1. The molecule has 0 unspecified atom stereocenters. The number of hydrogen-bond donors (Lipinski definition) is 1. The van der Waals surface area contributed by atoms with Crippen LogP contribution < -0.4 is 0 Å². The largest absolute Gasteiger partial charge is 0.464 e. The second-order valence-electron chi connectivity index (χ2n) is 17.6. The predicted octanol–water partition coefficient (Wildman–Crippen LogP) is 5.95. The standard InChI is InChI=1S/C46H63N3O10/c1-11-36-46(8)40-29(4)37(47-21-22-49(40)44(53)59-46)27(2)26-45(7,55-24-13-12-15-32-17-19-33(20-18-32)35-16-14-23-54-35)41(30(5)38(50)31(6)42(52)57-36)58-43-39(51)34(48(9)10)25-28(3)56-43/h14,16-20,23,27-31,34,36,39-41,43,51H,11,15,21-22,24-26H2,1-10H3/t27-,28-,29+,30+,31-,34+,36-,39-,40-,41-,43+,45-,46-/m1/s1. The maximum absolute atomic E-state index is 14.6.